The minimum atomic E-state index is 0.0884. The zero-order valence-electron chi connectivity index (χ0n) is 10.4. The predicted octanol–water partition coefficient (Wildman–Crippen LogP) is 0.775. The van der Waals surface area contributed by atoms with Crippen molar-refractivity contribution >= 4 is 5.91 Å². The number of ether oxygens (including phenoxy) is 1. The van der Waals surface area contributed by atoms with E-state index in [4.69, 9.17) is 4.74 Å². The van der Waals surface area contributed by atoms with Crippen LogP contribution >= 0.6 is 0 Å². The van der Waals surface area contributed by atoms with Crippen molar-refractivity contribution in [2.45, 2.75) is 26.7 Å². The van der Waals surface area contributed by atoms with E-state index in [0.29, 0.717) is 18.4 Å². The van der Waals surface area contributed by atoms with Crippen LogP contribution in [0.15, 0.2) is 0 Å². The number of amides is 1. The minimum absolute atomic E-state index is 0.0884. The molecule has 1 aliphatic rings. The summed E-state index contributed by atoms with van der Waals surface area (Å²) in [6.45, 7) is 7.97. The molecule has 4 nitrogen and oxygen atoms in total. The molecule has 94 valence electrons. The summed E-state index contributed by atoms with van der Waals surface area (Å²) in [5, 5.41) is 6.07. The molecule has 0 aromatic carbocycles. The number of rotatable bonds is 6. The van der Waals surface area contributed by atoms with Crippen molar-refractivity contribution in [2.24, 2.45) is 11.8 Å². The van der Waals surface area contributed by atoms with Crippen molar-refractivity contribution in [1.82, 2.24) is 10.6 Å². The third-order valence-electron chi connectivity index (χ3n) is 2.68. The standard InChI is InChI=1S/C12H24N2O2/c1-10(2)6-14-12(15)8-13-7-11-4-3-5-16-9-11/h10-11,13H,3-9H2,1-2H3,(H,14,15). The first-order valence-corrected chi connectivity index (χ1v) is 6.23. The average molecular weight is 228 g/mol. The number of nitrogens with one attached hydrogen (secondary N) is 2. The van der Waals surface area contributed by atoms with Crippen molar-refractivity contribution in [1.29, 1.82) is 0 Å². The van der Waals surface area contributed by atoms with E-state index in [-0.39, 0.29) is 5.91 Å². The van der Waals surface area contributed by atoms with Crippen LogP contribution in [0.4, 0.5) is 0 Å². The summed E-state index contributed by atoms with van der Waals surface area (Å²) in [5.41, 5.74) is 0. The fraction of sp³-hybridized carbons (Fsp3) is 0.917. The Hall–Kier alpha value is -0.610. The van der Waals surface area contributed by atoms with Crippen LogP contribution in [0, 0.1) is 11.8 Å². The molecular formula is C12H24N2O2. The maximum Gasteiger partial charge on any atom is 0.233 e. The van der Waals surface area contributed by atoms with Crippen molar-refractivity contribution in [3.8, 4) is 0 Å². The highest BCUT2D eigenvalue weighted by atomic mass is 16.5. The monoisotopic (exact) mass is 228 g/mol. The van der Waals surface area contributed by atoms with Crippen LogP contribution in [0.1, 0.15) is 26.7 Å². The third kappa shape index (κ3) is 6.08. The first-order chi connectivity index (χ1) is 7.68. The minimum Gasteiger partial charge on any atom is -0.381 e. The largest absolute Gasteiger partial charge is 0.381 e. The Balaban J connectivity index is 1.99. The van der Waals surface area contributed by atoms with Gasteiger partial charge in [-0.05, 0) is 24.7 Å². The first kappa shape index (κ1) is 13.5. The van der Waals surface area contributed by atoms with Crippen molar-refractivity contribution in [2.75, 3.05) is 32.8 Å². The molecule has 16 heavy (non-hydrogen) atoms. The molecule has 1 heterocycles. The molecule has 1 aliphatic heterocycles. The first-order valence-electron chi connectivity index (χ1n) is 6.23. The zero-order valence-corrected chi connectivity index (χ0v) is 10.4. The van der Waals surface area contributed by atoms with Crippen molar-refractivity contribution in [3.63, 3.8) is 0 Å². The number of hydrogen-bond donors (Lipinski definition) is 2. The lowest BCUT2D eigenvalue weighted by atomic mass is 10.0. The van der Waals surface area contributed by atoms with Gasteiger partial charge in [0.25, 0.3) is 0 Å². The van der Waals surface area contributed by atoms with Crippen LogP contribution in [-0.4, -0.2) is 38.8 Å². The second-order valence-electron chi connectivity index (χ2n) is 4.91. The van der Waals surface area contributed by atoms with Gasteiger partial charge in [0.1, 0.15) is 0 Å². The molecule has 0 aromatic heterocycles. The van der Waals surface area contributed by atoms with Gasteiger partial charge in [0.2, 0.25) is 5.91 Å². The number of carbonyl (C=O) groups excluding carboxylic acids is 1. The summed E-state index contributed by atoms with van der Waals surface area (Å²) in [7, 11) is 0. The topological polar surface area (TPSA) is 50.4 Å². The highest BCUT2D eigenvalue weighted by Gasteiger charge is 2.13. The van der Waals surface area contributed by atoms with E-state index >= 15 is 0 Å². The second-order valence-corrected chi connectivity index (χ2v) is 4.91. The van der Waals surface area contributed by atoms with Crippen LogP contribution in [0.5, 0.6) is 0 Å². The lowest BCUT2D eigenvalue weighted by Crippen LogP contribution is -2.38. The van der Waals surface area contributed by atoms with E-state index in [1.54, 1.807) is 0 Å². The van der Waals surface area contributed by atoms with Gasteiger partial charge < -0.3 is 15.4 Å². The van der Waals surface area contributed by atoms with E-state index in [0.717, 1.165) is 32.7 Å². The molecule has 0 spiro atoms. The number of hydrogen-bond acceptors (Lipinski definition) is 3. The molecule has 0 radical (unpaired) electrons. The quantitative estimate of drug-likeness (QED) is 0.706. The number of carbonyl (C=O) groups is 1. The Morgan fingerprint density at radius 1 is 1.50 bits per heavy atom. The molecule has 1 saturated heterocycles. The molecule has 0 saturated carbocycles. The second kappa shape index (κ2) is 7.63. The van der Waals surface area contributed by atoms with E-state index < -0.39 is 0 Å². The van der Waals surface area contributed by atoms with Crippen LogP contribution in [-0.2, 0) is 9.53 Å². The van der Waals surface area contributed by atoms with Gasteiger partial charge >= 0.3 is 0 Å². The maximum absolute atomic E-state index is 11.4. The fourth-order valence-electron chi connectivity index (χ4n) is 1.74. The summed E-state index contributed by atoms with van der Waals surface area (Å²) < 4.78 is 5.38. The van der Waals surface area contributed by atoms with Gasteiger partial charge in [-0.15, -0.1) is 0 Å². The smallest absolute Gasteiger partial charge is 0.233 e. The summed E-state index contributed by atoms with van der Waals surface area (Å²) >= 11 is 0. The third-order valence-corrected chi connectivity index (χ3v) is 2.68. The van der Waals surface area contributed by atoms with Crippen molar-refractivity contribution in [3.05, 3.63) is 0 Å². The Morgan fingerprint density at radius 3 is 2.94 bits per heavy atom. The maximum atomic E-state index is 11.4. The van der Waals surface area contributed by atoms with Gasteiger partial charge in [-0.2, -0.15) is 0 Å². The fourth-order valence-corrected chi connectivity index (χ4v) is 1.74. The normalized spacial score (nSPS) is 21.1. The Kier molecular flexibility index (Phi) is 6.42. The molecule has 1 fully saturated rings. The van der Waals surface area contributed by atoms with E-state index in [2.05, 4.69) is 24.5 Å². The zero-order chi connectivity index (χ0) is 11.8. The summed E-state index contributed by atoms with van der Waals surface area (Å²) in [6, 6.07) is 0. The highest BCUT2D eigenvalue weighted by Crippen LogP contribution is 2.11. The molecule has 1 atom stereocenters. The molecule has 1 rings (SSSR count). The molecule has 0 aromatic rings. The van der Waals surface area contributed by atoms with Crippen molar-refractivity contribution < 1.29 is 9.53 Å². The van der Waals surface area contributed by atoms with Crippen LogP contribution in [0.3, 0.4) is 0 Å². The summed E-state index contributed by atoms with van der Waals surface area (Å²) in [6.07, 6.45) is 2.35. The molecular weight excluding hydrogens is 204 g/mol. The van der Waals surface area contributed by atoms with Gasteiger partial charge in [0, 0.05) is 19.7 Å². The molecule has 1 amide bonds. The van der Waals surface area contributed by atoms with Gasteiger partial charge in [-0.25, -0.2) is 0 Å². The summed E-state index contributed by atoms with van der Waals surface area (Å²) in [4.78, 5) is 11.4. The van der Waals surface area contributed by atoms with Gasteiger partial charge in [-0.3, -0.25) is 4.79 Å². The Morgan fingerprint density at radius 2 is 2.31 bits per heavy atom. The lowest BCUT2D eigenvalue weighted by molar-refractivity contribution is -0.120. The van der Waals surface area contributed by atoms with E-state index in [9.17, 15) is 4.79 Å². The van der Waals surface area contributed by atoms with Crippen LogP contribution in [0.2, 0.25) is 0 Å². The van der Waals surface area contributed by atoms with Gasteiger partial charge in [0.05, 0.1) is 13.2 Å². The average Bonchev–Trinajstić information content (AvgIpc) is 2.28. The van der Waals surface area contributed by atoms with Gasteiger partial charge in [-0.1, -0.05) is 13.8 Å². The SMILES string of the molecule is CC(C)CNC(=O)CNCC1CCCOC1. The van der Waals surface area contributed by atoms with E-state index in [1.165, 1.54) is 6.42 Å². The molecule has 2 N–H and O–H groups in total. The molecule has 4 heteroatoms. The van der Waals surface area contributed by atoms with E-state index in [1.807, 2.05) is 0 Å². The Bertz CT molecular complexity index is 201. The Labute approximate surface area is 98.1 Å². The summed E-state index contributed by atoms with van der Waals surface area (Å²) in [5.74, 6) is 1.17. The van der Waals surface area contributed by atoms with Crippen LogP contribution < -0.4 is 10.6 Å². The van der Waals surface area contributed by atoms with Gasteiger partial charge in [0.15, 0.2) is 0 Å². The van der Waals surface area contributed by atoms with Crippen LogP contribution in [0.25, 0.3) is 0 Å². The highest BCUT2D eigenvalue weighted by molar-refractivity contribution is 5.77. The lowest BCUT2D eigenvalue weighted by Gasteiger charge is -2.22. The molecule has 0 aliphatic carbocycles. The molecule has 1 unspecified atom stereocenters. The predicted molar refractivity (Wildman–Crippen MR) is 64.3 cm³/mol. The molecule has 0 bridgehead atoms.